The molecule has 9 heteroatoms. The summed E-state index contributed by atoms with van der Waals surface area (Å²) in [6.45, 7) is 13.3. The van der Waals surface area contributed by atoms with Crippen LogP contribution in [0.1, 0.15) is 78.2 Å². The topological polar surface area (TPSA) is 101 Å². The zero-order chi connectivity index (χ0) is 31.4. The fourth-order valence-electron chi connectivity index (χ4n) is 6.35. The van der Waals surface area contributed by atoms with E-state index in [1.165, 1.54) is 23.3 Å². The number of nitrogens with zero attached hydrogens (tertiary/aromatic N) is 3. The van der Waals surface area contributed by atoms with Gasteiger partial charge >= 0.3 is 0 Å². The maximum Gasteiger partial charge on any atom is 0.264 e. The number of hydrogen-bond acceptors (Lipinski definition) is 6. The van der Waals surface area contributed by atoms with Gasteiger partial charge in [0.05, 0.1) is 17.2 Å². The molecule has 0 aliphatic carbocycles. The van der Waals surface area contributed by atoms with Crippen LogP contribution in [0.4, 0.5) is 5.95 Å². The normalized spacial score (nSPS) is 19.6. The molecular weight excluding hydrogens is 572 g/mol. The molecule has 3 aromatic carbocycles. The van der Waals surface area contributed by atoms with Crippen molar-refractivity contribution in [3.05, 3.63) is 100 Å². The number of aryl methyl sites for hydroxylation is 2. The number of fused-ring (bicyclic) bond motifs is 8. The van der Waals surface area contributed by atoms with Crippen molar-refractivity contribution >= 4 is 21.9 Å². The van der Waals surface area contributed by atoms with Crippen molar-refractivity contribution < 1.29 is 17.9 Å². The van der Waals surface area contributed by atoms with Crippen molar-refractivity contribution in [3.63, 3.8) is 0 Å². The van der Waals surface area contributed by atoms with Gasteiger partial charge in [-0.05, 0) is 78.6 Å². The number of nitrogens with one attached hydrogen (secondary N) is 1. The Bertz CT molecular complexity index is 1860. The van der Waals surface area contributed by atoms with Crippen molar-refractivity contribution in [3.8, 4) is 17.1 Å². The summed E-state index contributed by atoms with van der Waals surface area (Å²) >= 11 is 0. The van der Waals surface area contributed by atoms with E-state index in [2.05, 4.69) is 60.6 Å². The van der Waals surface area contributed by atoms with Gasteiger partial charge in [0.15, 0.2) is 0 Å². The number of sulfonamides is 1. The Balaban J connectivity index is 1.49. The standard InChI is InChI=1S/C35H38N4O4S/c1-21-9-7-10-22(2)32(21)30-19-31-37-34(36-30)38-44(41,42)27-12-8-11-24(18-27)33(40)39-20-25-17-26(35(4,5)6)13-14-29(25)28(23(39)3)15-16-43-31/h7-14,17-19,23,28H,15-16,20H2,1-6H3,(H,36,37,38). The third kappa shape index (κ3) is 5.56. The van der Waals surface area contributed by atoms with Crippen LogP contribution in [0.25, 0.3) is 11.3 Å². The van der Waals surface area contributed by atoms with Crippen LogP contribution in [0, 0.1) is 13.8 Å². The van der Waals surface area contributed by atoms with Crippen molar-refractivity contribution in [2.75, 3.05) is 11.3 Å². The molecule has 1 N–H and O–H groups in total. The van der Waals surface area contributed by atoms with Gasteiger partial charge < -0.3 is 9.64 Å². The van der Waals surface area contributed by atoms with E-state index in [1.54, 1.807) is 18.2 Å². The smallest absolute Gasteiger partial charge is 0.264 e. The molecule has 228 valence electrons. The highest BCUT2D eigenvalue weighted by Gasteiger charge is 2.36. The van der Waals surface area contributed by atoms with E-state index >= 15 is 0 Å². The van der Waals surface area contributed by atoms with E-state index < -0.39 is 10.0 Å². The second-order valence-electron chi connectivity index (χ2n) is 12.9. The second-order valence-corrected chi connectivity index (χ2v) is 14.6. The summed E-state index contributed by atoms with van der Waals surface area (Å²) < 4.78 is 36.0. The van der Waals surface area contributed by atoms with E-state index in [1.807, 2.05) is 36.9 Å². The van der Waals surface area contributed by atoms with Crippen LogP contribution in [-0.2, 0) is 22.0 Å². The minimum atomic E-state index is -4.13. The first-order chi connectivity index (χ1) is 20.8. The molecule has 0 saturated heterocycles. The molecule has 3 heterocycles. The van der Waals surface area contributed by atoms with Crippen molar-refractivity contribution in [2.45, 2.75) is 76.8 Å². The molecule has 1 aromatic heterocycles. The van der Waals surface area contributed by atoms with E-state index in [9.17, 15) is 13.2 Å². The van der Waals surface area contributed by atoms with Crippen LogP contribution < -0.4 is 9.46 Å². The van der Waals surface area contributed by atoms with Crippen molar-refractivity contribution in [1.29, 1.82) is 0 Å². The minimum Gasteiger partial charge on any atom is -0.478 e. The fraction of sp³-hybridized carbons (Fsp3) is 0.343. The molecule has 0 saturated carbocycles. The maximum atomic E-state index is 14.0. The lowest BCUT2D eigenvalue weighted by molar-refractivity contribution is 0.0609. The Morgan fingerprint density at radius 2 is 1.68 bits per heavy atom. The summed E-state index contributed by atoms with van der Waals surface area (Å²) in [7, 11) is -4.13. The Hall–Kier alpha value is -4.24. The summed E-state index contributed by atoms with van der Waals surface area (Å²) in [5.41, 5.74) is 7.24. The Kier molecular flexibility index (Phi) is 7.48. The van der Waals surface area contributed by atoms with E-state index in [0.29, 0.717) is 30.8 Å². The number of carbonyl (C=O) groups is 1. The highest BCUT2D eigenvalue weighted by molar-refractivity contribution is 7.92. The Labute approximate surface area is 259 Å². The zero-order valence-corrected chi connectivity index (χ0v) is 26.8. The van der Waals surface area contributed by atoms with Crippen LogP contribution in [0.15, 0.2) is 71.6 Å². The average molecular weight is 611 g/mol. The largest absolute Gasteiger partial charge is 0.478 e. The number of amides is 1. The van der Waals surface area contributed by atoms with Gasteiger partial charge in [-0.15, -0.1) is 0 Å². The van der Waals surface area contributed by atoms with Gasteiger partial charge in [0, 0.05) is 35.7 Å². The lowest BCUT2D eigenvalue weighted by atomic mass is 9.78. The van der Waals surface area contributed by atoms with Gasteiger partial charge in [-0.3, -0.25) is 4.79 Å². The van der Waals surface area contributed by atoms with Gasteiger partial charge in [0.2, 0.25) is 11.8 Å². The number of anilines is 1. The van der Waals surface area contributed by atoms with Crippen LogP contribution in [0.2, 0.25) is 0 Å². The van der Waals surface area contributed by atoms with Crippen LogP contribution in [0.3, 0.4) is 0 Å². The van der Waals surface area contributed by atoms with Crippen LogP contribution in [-0.4, -0.2) is 41.8 Å². The summed E-state index contributed by atoms with van der Waals surface area (Å²) in [6, 6.07) is 20.3. The molecule has 2 atom stereocenters. The monoisotopic (exact) mass is 610 g/mol. The Morgan fingerprint density at radius 3 is 2.41 bits per heavy atom. The third-order valence-corrected chi connectivity index (χ3v) is 10.1. The molecule has 0 fully saturated rings. The summed E-state index contributed by atoms with van der Waals surface area (Å²) in [5.74, 6) is -0.0242. The molecule has 44 heavy (non-hydrogen) atoms. The highest BCUT2D eigenvalue weighted by Crippen LogP contribution is 2.39. The van der Waals surface area contributed by atoms with Gasteiger partial charge in [-0.2, -0.15) is 4.98 Å². The molecule has 2 aliphatic rings. The lowest BCUT2D eigenvalue weighted by Crippen LogP contribution is -2.45. The number of rotatable bonds is 1. The quantitative estimate of drug-likeness (QED) is 0.255. The number of benzene rings is 3. The van der Waals surface area contributed by atoms with Gasteiger partial charge in [0.1, 0.15) is 0 Å². The number of aromatic nitrogens is 2. The van der Waals surface area contributed by atoms with Crippen molar-refractivity contribution in [1.82, 2.24) is 14.9 Å². The molecule has 6 bridgehead atoms. The molecular formula is C35H38N4O4S. The molecule has 2 unspecified atom stereocenters. The summed E-state index contributed by atoms with van der Waals surface area (Å²) in [4.78, 5) is 24.9. The van der Waals surface area contributed by atoms with Crippen LogP contribution >= 0.6 is 0 Å². The molecule has 4 aromatic rings. The second kappa shape index (κ2) is 11.0. The highest BCUT2D eigenvalue weighted by atomic mass is 32.2. The molecule has 0 spiro atoms. The third-order valence-electron chi connectivity index (χ3n) is 8.82. The lowest BCUT2D eigenvalue weighted by Gasteiger charge is -2.41. The summed E-state index contributed by atoms with van der Waals surface area (Å²) in [5, 5.41) is 0. The predicted octanol–water partition coefficient (Wildman–Crippen LogP) is 6.77. The molecule has 6 rings (SSSR count). The number of carbonyl (C=O) groups excluding carboxylic acids is 1. The Morgan fingerprint density at radius 1 is 0.955 bits per heavy atom. The zero-order valence-electron chi connectivity index (χ0n) is 26.0. The molecule has 0 radical (unpaired) electrons. The van der Waals surface area contributed by atoms with E-state index in [4.69, 9.17) is 4.74 Å². The number of hydrogen-bond donors (Lipinski definition) is 1. The van der Waals surface area contributed by atoms with Gasteiger partial charge in [-0.25, -0.2) is 18.1 Å². The summed E-state index contributed by atoms with van der Waals surface area (Å²) in [6.07, 6.45) is 0.636. The van der Waals surface area contributed by atoms with Gasteiger partial charge in [0.25, 0.3) is 15.9 Å². The first kappa shape index (κ1) is 29.8. The molecule has 8 nitrogen and oxygen atoms in total. The average Bonchev–Trinajstić information content (AvgIpc) is 2.96. The predicted molar refractivity (Wildman–Crippen MR) is 172 cm³/mol. The van der Waals surface area contributed by atoms with Gasteiger partial charge in [-0.1, -0.05) is 63.2 Å². The first-order valence-corrected chi connectivity index (χ1v) is 16.5. The maximum absolute atomic E-state index is 14.0. The van der Waals surface area contributed by atoms with E-state index in [-0.39, 0.29) is 40.0 Å². The van der Waals surface area contributed by atoms with Crippen molar-refractivity contribution in [2.24, 2.45) is 0 Å². The minimum absolute atomic E-state index is 0.00581. The number of ether oxygens (including phenoxy) is 1. The first-order valence-electron chi connectivity index (χ1n) is 15.0. The molecule has 2 aliphatic heterocycles. The van der Waals surface area contributed by atoms with Crippen LogP contribution in [0.5, 0.6) is 5.88 Å². The molecule has 1 amide bonds. The SMILES string of the molecule is Cc1cccc(C)c1-c1cc2nc(n1)NS(=O)(=O)c1cccc(c1)C(=O)N1Cc3cc(C(C)(C)C)ccc3C(CCO2)C1C. The fourth-order valence-corrected chi connectivity index (χ4v) is 7.34. The van der Waals surface area contributed by atoms with E-state index in [0.717, 1.165) is 22.3 Å².